The van der Waals surface area contributed by atoms with Crippen molar-refractivity contribution >= 4 is 21.0 Å². The van der Waals surface area contributed by atoms with Crippen molar-refractivity contribution in [2.75, 3.05) is 13.7 Å². The Balaban J connectivity index is 2.16. The van der Waals surface area contributed by atoms with Gasteiger partial charge in [-0.15, -0.1) is 0 Å². The summed E-state index contributed by atoms with van der Waals surface area (Å²) in [5.41, 5.74) is -0.675. The molecule has 212 valence electrons. The Kier molecular flexibility index (Phi) is 8.55. The quantitative estimate of drug-likeness (QED) is 0.198. The Labute approximate surface area is 226 Å². The summed E-state index contributed by atoms with van der Waals surface area (Å²) in [6.45, 7) is 24.4. The smallest absolute Gasteiger partial charge is 0.438 e. The van der Waals surface area contributed by atoms with Gasteiger partial charge in [-0.05, 0) is 57.0 Å². The molecule has 0 aromatic rings. The van der Waals surface area contributed by atoms with Crippen LogP contribution in [0.5, 0.6) is 0 Å². The molecule has 1 aliphatic heterocycles. The minimum absolute atomic E-state index is 0.0394. The molecule has 1 saturated carbocycles. The lowest BCUT2D eigenvalue weighted by Gasteiger charge is -2.65. The fraction of sp³-hybridized carbons (Fsp3) is 0.867. The number of hydrogen-bond donors (Lipinski definition) is 0. The monoisotopic (exact) mass is 536 g/mol. The van der Waals surface area contributed by atoms with E-state index in [1.54, 1.807) is 0 Å². The molecule has 2 fully saturated rings. The molecule has 7 heteroatoms. The molecule has 0 radical (unpaired) electrons. The van der Waals surface area contributed by atoms with E-state index in [0.717, 1.165) is 12.8 Å². The van der Waals surface area contributed by atoms with Gasteiger partial charge in [-0.3, -0.25) is 4.79 Å². The molecule has 3 rings (SSSR count). The molecule has 0 amide bonds. The standard InChI is InChI=1S/C30H52O6Si/c1-18(2)25(31)28(9)22(6)13-23-30(17-34-23,35-26(32)33-10)24(28)21(5)16-29(36-37(11)12)15-20(4)19(3)14-27(29,7)8/h14,18,20-24,37H,13,15-17H2,1-12H3. The highest BCUT2D eigenvalue weighted by molar-refractivity contribution is 6.48. The predicted molar refractivity (Wildman–Crippen MR) is 149 cm³/mol. The topological polar surface area (TPSA) is 71.1 Å². The summed E-state index contributed by atoms with van der Waals surface area (Å²) < 4.78 is 24.2. The summed E-state index contributed by atoms with van der Waals surface area (Å²) in [6.07, 6.45) is 3.88. The van der Waals surface area contributed by atoms with Crippen LogP contribution in [0.4, 0.5) is 4.79 Å². The maximum Gasteiger partial charge on any atom is 0.508 e. The number of ketones is 1. The molecule has 37 heavy (non-hydrogen) atoms. The molecule has 6 nitrogen and oxygen atoms in total. The van der Waals surface area contributed by atoms with Crippen LogP contribution in [0.1, 0.15) is 81.6 Å². The molecule has 3 aliphatic rings. The van der Waals surface area contributed by atoms with E-state index < -0.39 is 26.2 Å². The SMILES string of the molecule is COC(=O)OC12COC1CC(C)C(C)(C(=O)C(C)C)C2C(C)CC1(O[SiH](C)C)CC(C)C(C)=CC1(C)C. The van der Waals surface area contributed by atoms with E-state index in [1.165, 1.54) is 12.7 Å². The first-order valence-corrected chi connectivity index (χ1v) is 17.1. The molecule has 2 aliphatic carbocycles. The second-order valence-corrected chi connectivity index (χ2v) is 16.1. The van der Waals surface area contributed by atoms with Crippen molar-refractivity contribution in [2.24, 2.45) is 40.4 Å². The summed E-state index contributed by atoms with van der Waals surface area (Å²) in [5.74, 6) is 0.435. The number of carbonyl (C=O) groups is 2. The molecular weight excluding hydrogens is 484 g/mol. The van der Waals surface area contributed by atoms with Gasteiger partial charge in [0.15, 0.2) is 14.6 Å². The first-order chi connectivity index (χ1) is 17.0. The molecule has 0 spiro atoms. The molecule has 0 bridgehead atoms. The summed E-state index contributed by atoms with van der Waals surface area (Å²) in [7, 11) is -0.0701. The average molecular weight is 537 g/mol. The number of Topliss-reactive ketones (excluding diaryl/α,β-unsaturated/α-hetero) is 1. The number of rotatable bonds is 8. The average Bonchev–Trinajstić information content (AvgIpc) is 2.77. The number of ether oxygens (including phenoxy) is 3. The molecule has 1 saturated heterocycles. The number of methoxy groups -OCH3 is 1. The number of carbonyl (C=O) groups excluding carboxylic acids is 2. The zero-order valence-electron chi connectivity index (χ0n) is 25.4. The normalized spacial score (nSPS) is 39.9. The van der Waals surface area contributed by atoms with Crippen LogP contribution in [0, 0.1) is 40.4 Å². The van der Waals surface area contributed by atoms with E-state index >= 15 is 0 Å². The van der Waals surface area contributed by atoms with Gasteiger partial charge in [-0.25, -0.2) is 4.79 Å². The van der Waals surface area contributed by atoms with Crippen molar-refractivity contribution < 1.29 is 28.2 Å². The number of fused-ring (bicyclic) bond motifs is 1. The van der Waals surface area contributed by atoms with Crippen LogP contribution in [-0.4, -0.2) is 52.0 Å². The minimum Gasteiger partial charge on any atom is -0.438 e. The Morgan fingerprint density at radius 3 is 2.27 bits per heavy atom. The fourth-order valence-electron chi connectivity index (χ4n) is 8.19. The highest BCUT2D eigenvalue weighted by atomic mass is 28.3. The first kappa shape index (κ1) is 30.4. The molecule has 0 aromatic heterocycles. The van der Waals surface area contributed by atoms with E-state index in [1.807, 2.05) is 13.8 Å². The summed E-state index contributed by atoms with van der Waals surface area (Å²) in [4.78, 5) is 26.6. The molecule has 0 aromatic carbocycles. The lowest BCUT2D eigenvalue weighted by Crippen LogP contribution is -2.75. The Bertz CT molecular complexity index is 912. The fourth-order valence-corrected chi connectivity index (χ4v) is 9.59. The van der Waals surface area contributed by atoms with E-state index in [0.29, 0.717) is 18.9 Å². The van der Waals surface area contributed by atoms with Crippen LogP contribution in [0.25, 0.3) is 0 Å². The van der Waals surface area contributed by atoms with Gasteiger partial charge in [0.1, 0.15) is 11.9 Å². The van der Waals surface area contributed by atoms with Gasteiger partial charge >= 0.3 is 6.16 Å². The second kappa shape index (κ2) is 10.4. The molecule has 8 atom stereocenters. The zero-order valence-corrected chi connectivity index (χ0v) is 26.6. The predicted octanol–water partition coefficient (Wildman–Crippen LogP) is 6.57. The third-order valence-electron chi connectivity index (χ3n) is 10.2. The summed E-state index contributed by atoms with van der Waals surface area (Å²) in [5, 5.41) is 0. The molecule has 0 N–H and O–H groups in total. The number of hydrogen-bond acceptors (Lipinski definition) is 6. The molecule has 8 unspecified atom stereocenters. The Morgan fingerprint density at radius 2 is 1.78 bits per heavy atom. The van der Waals surface area contributed by atoms with Crippen LogP contribution in [0.3, 0.4) is 0 Å². The second-order valence-electron chi connectivity index (χ2n) is 13.8. The maximum atomic E-state index is 14.0. The van der Waals surface area contributed by atoms with Crippen molar-refractivity contribution in [3.05, 3.63) is 11.6 Å². The van der Waals surface area contributed by atoms with Gasteiger partial charge in [0.05, 0.1) is 19.3 Å². The van der Waals surface area contributed by atoms with Crippen LogP contribution in [0.2, 0.25) is 13.1 Å². The van der Waals surface area contributed by atoms with Crippen LogP contribution < -0.4 is 0 Å². The molecule has 1 heterocycles. The van der Waals surface area contributed by atoms with Gasteiger partial charge in [0, 0.05) is 22.7 Å². The van der Waals surface area contributed by atoms with Crippen LogP contribution in [-0.2, 0) is 23.4 Å². The highest BCUT2D eigenvalue weighted by Gasteiger charge is 2.70. The summed E-state index contributed by atoms with van der Waals surface area (Å²) >= 11 is 0. The maximum absolute atomic E-state index is 14.0. The third kappa shape index (κ3) is 4.97. The van der Waals surface area contributed by atoms with E-state index in [-0.39, 0.29) is 46.6 Å². The summed E-state index contributed by atoms with van der Waals surface area (Å²) in [6, 6.07) is 0. The lowest BCUT2D eigenvalue weighted by molar-refractivity contribution is -0.317. The van der Waals surface area contributed by atoms with Gasteiger partial charge in [-0.1, -0.05) is 67.0 Å². The zero-order chi connectivity index (χ0) is 28.1. The third-order valence-corrected chi connectivity index (χ3v) is 11.1. The molecular formula is C30H52O6Si. The van der Waals surface area contributed by atoms with Crippen molar-refractivity contribution in [3.8, 4) is 0 Å². The van der Waals surface area contributed by atoms with E-state index in [9.17, 15) is 9.59 Å². The van der Waals surface area contributed by atoms with Crippen LogP contribution in [0.15, 0.2) is 11.6 Å². The Morgan fingerprint density at radius 1 is 1.16 bits per heavy atom. The minimum atomic E-state index is -1.41. The van der Waals surface area contributed by atoms with Gasteiger partial charge in [0.25, 0.3) is 0 Å². The highest BCUT2D eigenvalue weighted by Crippen LogP contribution is 2.62. The van der Waals surface area contributed by atoms with Crippen LogP contribution >= 0.6 is 0 Å². The Hall–Kier alpha value is -1.18. The van der Waals surface area contributed by atoms with Gasteiger partial charge < -0.3 is 18.6 Å². The number of allylic oxidation sites excluding steroid dienone is 1. The largest absolute Gasteiger partial charge is 0.508 e. The van der Waals surface area contributed by atoms with Gasteiger partial charge in [-0.2, -0.15) is 0 Å². The van der Waals surface area contributed by atoms with Crippen molar-refractivity contribution in [3.63, 3.8) is 0 Å². The first-order valence-electron chi connectivity index (χ1n) is 14.3. The van der Waals surface area contributed by atoms with Crippen molar-refractivity contribution in [2.45, 2.75) is 112 Å². The lowest BCUT2D eigenvalue weighted by atomic mass is 9.47. The van der Waals surface area contributed by atoms with E-state index in [2.05, 4.69) is 67.6 Å². The van der Waals surface area contributed by atoms with Gasteiger partial charge in [0.2, 0.25) is 0 Å². The van der Waals surface area contributed by atoms with Crippen molar-refractivity contribution in [1.29, 1.82) is 0 Å². The van der Waals surface area contributed by atoms with Crippen molar-refractivity contribution in [1.82, 2.24) is 0 Å². The van der Waals surface area contributed by atoms with E-state index in [4.69, 9.17) is 18.6 Å².